The average Bonchev–Trinajstić information content (AvgIpc) is 2.39. The molecule has 0 aliphatic heterocycles. The highest BCUT2D eigenvalue weighted by molar-refractivity contribution is 5.92. The highest BCUT2D eigenvalue weighted by Crippen LogP contribution is 2.18. The molecule has 0 radical (unpaired) electrons. The first-order valence-electron chi connectivity index (χ1n) is 5.92. The SMILES string of the molecule is Cc1ccccc1NC(=O)COc1cccc(O)c1. The highest BCUT2D eigenvalue weighted by Gasteiger charge is 2.05. The molecule has 2 aromatic carbocycles. The number of hydrogen-bond donors (Lipinski definition) is 2. The van der Waals surface area contributed by atoms with E-state index in [1.165, 1.54) is 6.07 Å². The van der Waals surface area contributed by atoms with Crippen molar-refractivity contribution in [3.8, 4) is 11.5 Å². The van der Waals surface area contributed by atoms with Crippen LogP contribution in [0.1, 0.15) is 5.56 Å². The number of aromatic hydroxyl groups is 1. The molecule has 2 N–H and O–H groups in total. The molecule has 0 heterocycles. The maximum Gasteiger partial charge on any atom is 0.262 e. The van der Waals surface area contributed by atoms with Gasteiger partial charge in [0.2, 0.25) is 0 Å². The molecule has 0 atom stereocenters. The Morgan fingerprint density at radius 1 is 1.21 bits per heavy atom. The number of aryl methyl sites for hydroxylation is 1. The zero-order valence-electron chi connectivity index (χ0n) is 10.6. The zero-order valence-corrected chi connectivity index (χ0v) is 10.6. The molecule has 2 rings (SSSR count). The van der Waals surface area contributed by atoms with Crippen LogP contribution in [0.25, 0.3) is 0 Å². The van der Waals surface area contributed by atoms with Crippen LogP contribution in [0.4, 0.5) is 5.69 Å². The third-order valence-corrected chi connectivity index (χ3v) is 2.61. The molecule has 0 bridgehead atoms. The van der Waals surface area contributed by atoms with Crippen molar-refractivity contribution >= 4 is 11.6 Å². The topological polar surface area (TPSA) is 58.6 Å². The predicted octanol–water partition coefficient (Wildman–Crippen LogP) is 2.72. The lowest BCUT2D eigenvalue weighted by Gasteiger charge is -2.09. The Kier molecular flexibility index (Phi) is 4.03. The molecule has 0 aliphatic carbocycles. The molecule has 98 valence electrons. The van der Waals surface area contributed by atoms with Crippen LogP contribution in [-0.4, -0.2) is 17.6 Å². The van der Waals surface area contributed by atoms with Gasteiger partial charge in [-0.05, 0) is 30.7 Å². The van der Waals surface area contributed by atoms with Gasteiger partial charge in [0.15, 0.2) is 6.61 Å². The van der Waals surface area contributed by atoms with Gasteiger partial charge in [-0.2, -0.15) is 0 Å². The standard InChI is InChI=1S/C15H15NO3/c1-11-5-2-3-8-14(11)16-15(18)10-19-13-7-4-6-12(17)9-13/h2-9,17H,10H2,1H3,(H,16,18). The van der Waals surface area contributed by atoms with Gasteiger partial charge in [-0.25, -0.2) is 0 Å². The first kappa shape index (κ1) is 13.0. The van der Waals surface area contributed by atoms with Gasteiger partial charge in [0.05, 0.1) is 0 Å². The summed E-state index contributed by atoms with van der Waals surface area (Å²) in [4.78, 5) is 11.7. The number of carbonyl (C=O) groups is 1. The van der Waals surface area contributed by atoms with E-state index in [9.17, 15) is 9.90 Å². The van der Waals surface area contributed by atoms with Gasteiger partial charge in [0.1, 0.15) is 11.5 Å². The number of benzene rings is 2. The summed E-state index contributed by atoms with van der Waals surface area (Å²) < 4.78 is 5.29. The lowest BCUT2D eigenvalue weighted by molar-refractivity contribution is -0.118. The van der Waals surface area contributed by atoms with Gasteiger partial charge in [-0.1, -0.05) is 24.3 Å². The van der Waals surface area contributed by atoms with E-state index in [4.69, 9.17) is 4.74 Å². The van der Waals surface area contributed by atoms with Crippen LogP contribution in [0.5, 0.6) is 11.5 Å². The summed E-state index contributed by atoms with van der Waals surface area (Å²) >= 11 is 0. The maximum absolute atomic E-state index is 11.7. The minimum atomic E-state index is -0.238. The molecular weight excluding hydrogens is 242 g/mol. The van der Waals surface area contributed by atoms with Crippen LogP contribution in [0.2, 0.25) is 0 Å². The van der Waals surface area contributed by atoms with Crippen molar-refractivity contribution in [2.24, 2.45) is 0 Å². The fourth-order valence-corrected chi connectivity index (χ4v) is 1.62. The first-order chi connectivity index (χ1) is 9.15. The minimum Gasteiger partial charge on any atom is -0.508 e. The average molecular weight is 257 g/mol. The molecular formula is C15H15NO3. The smallest absolute Gasteiger partial charge is 0.262 e. The number of ether oxygens (including phenoxy) is 1. The molecule has 2 aromatic rings. The minimum absolute atomic E-state index is 0.0994. The number of nitrogens with one attached hydrogen (secondary N) is 1. The molecule has 1 amide bonds. The molecule has 0 saturated heterocycles. The Bertz CT molecular complexity index is 581. The van der Waals surface area contributed by atoms with Crippen molar-refractivity contribution in [2.45, 2.75) is 6.92 Å². The maximum atomic E-state index is 11.7. The van der Waals surface area contributed by atoms with Crippen molar-refractivity contribution in [2.75, 3.05) is 11.9 Å². The Labute approximate surface area is 111 Å². The first-order valence-corrected chi connectivity index (χ1v) is 5.92. The van der Waals surface area contributed by atoms with Crippen LogP contribution in [0, 0.1) is 6.92 Å². The summed E-state index contributed by atoms with van der Waals surface area (Å²) in [5, 5.41) is 12.0. The summed E-state index contributed by atoms with van der Waals surface area (Å²) in [6.07, 6.45) is 0. The Morgan fingerprint density at radius 2 is 2.00 bits per heavy atom. The number of rotatable bonds is 4. The number of anilines is 1. The number of amides is 1. The van der Waals surface area contributed by atoms with Gasteiger partial charge >= 0.3 is 0 Å². The van der Waals surface area contributed by atoms with E-state index in [1.807, 2.05) is 31.2 Å². The number of carbonyl (C=O) groups excluding carboxylic acids is 1. The number of phenolic OH excluding ortho intramolecular Hbond substituents is 1. The quantitative estimate of drug-likeness (QED) is 0.885. The van der Waals surface area contributed by atoms with Crippen LogP contribution >= 0.6 is 0 Å². The highest BCUT2D eigenvalue weighted by atomic mass is 16.5. The largest absolute Gasteiger partial charge is 0.508 e. The third-order valence-electron chi connectivity index (χ3n) is 2.61. The van der Waals surface area contributed by atoms with E-state index in [1.54, 1.807) is 18.2 Å². The van der Waals surface area contributed by atoms with E-state index < -0.39 is 0 Å². The van der Waals surface area contributed by atoms with Crippen molar-refractivity contribution in [1.82, 2.24) is 0 Å². The van der Waals surface area contributed by atoms with E-state index in [-0.39, 0.29) is 18.3 Å². The summed E-state index contributed by atoms with van der Waals surface area (Å²) in [6.45, 7) is 1.82. The van der Waals surface area contributed by atoms with Crippen molar-refractivity contribution in [1.29, 1.82) is 0 Å². The molecule has 0 aliphatic rings. The fraction of sp³-hybridized carbons (Fsp3) is 0.133. The molecule has 0 spiro atoms. The van der Waals surface area contributed by atoms with Gasteiger partial charge in [-0.3, -0.25) is 4.79 Å². The van der Waals surface area contributed by atoms with Gasteiger partial charge in [0, 0.05) is 11.8 Å². The second kappa shape index (κ2) is 5.91. The Morgan fingerprint density at radius 3 is 2.74 bits per heavy atom. The van der Waals surface area contributed by atoms with Gasteiger partial charge in [0.25, 0.3) is 5.91 Å². The fourth-order valence-electron chi connectivity index (χ4n) is 1.62. The molecule has 4 nitrogen and oxygen atoms in total. The Balaban J connectivity index is 1.90. The van der Waals surface area contributed by atoms with Crippen LogP contribution in [0.15, 0.2) is 48.5 Å². The number of para-hydroxylation sites is 1. The second-order valence-electron chi connectivity index (χ2n) is 4.15. The molecule has 0 aromatic heterocycles. The normalized spacial score (nSPS) is 9.95. The number of hydrogen-bond acceptors (Lipinski definition) is 3. The van der Waals surface area contributed by atoms with E-state index in [0.717, 1.165) is 11.3 Å². The Hall–Kier alpha value is -2.49. The van der Waals surface area contributed by atoms with E-state index in [0.29, 0.717) is 5.75 Å². The summed E-state index contributed by atoms with van der Waals surface area (Å²) in [6, 6.07) is 13.9. The molecule has 19 heavy (non-hydrogen) atoms. The van der Waals surface area contributed by atoms with Gasteiger partial charge < -0.3 is 15.2 Å². The summed E-state index contributed by atoms with van der Waals surface area (Å²) in [5.74, 6) is 0.328. The van der Waals surface area contributed by atoms with E-state index in [2.05, 4.69) is 5.32 Å². The monoisotopic (exact) mass is 257 g/mol. The molecule has 0 unspecified atom stereocenters. The molecule has 0 saturated carbocycles. The van der Waals surface area contributed by atoms with Crippen molar-refractivity contribution in [3.05, 3.63) is 54.1 Å². The van der Waals surface area contributed by atoms with E-state index >= 15 is 0 Å². The predicted molar refractivity (Wildman–Crippen MR) is 73.4 cm³/mol. The van der Waals surface area contributed by atoms with Crippen molar-refractivity contribution in [3.63, 3.8) is 0 Å². The molecule has 4 heteroatoms. The van der Waals surface area contributed by atoms with Gasteiger partial charge in [-0.15, -0.1) is 0 Å². The second-order valence-corrected chi connectivity index (χ2v) is 4.15. The lowest BCUT2D eigenvalue weighted by atomic mass is 10.2. The zero-order chi connectivity index (χ0) is 13.7. The van der Waals surface area contributed by atoms with Crippen molar-refractivity contribution < 1.29 is 14.6 Å². The lowest BCUT2D eigenvalue weighted by Crippen LogP contribution is -2.20. The summed E-state index contributed by atoms with van der Waals surface area (Å²) in [5.41, 5.74) is 1.76. The van der Waals surface area contributed by atoms with Crippen LogP contribution in [-0.2, 0) is 4.79 Å². The third kappa shape index (κ3) is 3.74. The summed E-state index contributed by atoms with van der Waals surface area (Å²) in [7, 11) is 0. The number of phenols is 1. The van der Waals surface area contributed by atoms with Crippen LogP contribution in [0.3, 0.4) is 0 Å². The van der Waals surface area contributed by atoms with Crippen LogP contribution < -0.4 is 10.1 Å². The molecule has 0 fully saturated rings.